The molecule has 0 radical (unpaired) electrons. The van der Waals surface area contributed by atoms with Crippen LogP contribution in [0.25, 0.3) is 0 Å². The lowest BCUT2D eigenvalue weighted by atomic mass is 9.85. The lowest BCUT2D eigenvalue weighted by molar-refractivity contribution is -0.140. The molecule has 3 aliphatic rings. The van der Waals surface area contributed by atoms with Crippen LogP contribution in [0.3, 0.4) is 0 Å². The molecule has 2 bridgehead atoms. The monoisotopic (exact) mass is 528 g/mol. The number of guanidine groups is 1. The predicted octanol–water partition coefficient (Wildman–Crippen LogP) is 2.62. The Balaban J connectivity index is 0.00000240. The van der Waals surface area contributed by atoms with Crippen molar-refractivity contribution >= 4 is 53.1 Å². The van der Waals surface area contributed by atoms with E-state index in [-0.39, 0.29) is 64.9 Å². The van der Waals surface area contributed by atoms with Gasteiger partial charge in [-0.15, -0.1) is 35.3 Å². The van der Waals surface area contributed by atoms with Gasteiger partial charge in [-0.25, -0.2) is 0 Å². The van der Waals surface area contributed by atoms with Gasteiger partial charge in [-0.3, -0.25) is 19.5 Å². The summed E-state index contributed by atoms with van der Waals surface area (Å²) in [6.45, 7) is 6.02. The van der Waals surface area contributed by atoms with Gasteiger partial charge >= 0.3 is 0 Å². The average Bonchev–Trinajstić information content (AvgIpc) is 3.45. The van der Waals surface area contributed by atoms with Gasteiger partial charge in [0.1, 0.15) is 0 Å². The van der Waals surface area contributed by atoms with E-state index in [0.29, 0.717) is 19.0 Å². The van der Waals surface area contributed by atoms with Crippen LogP contribution in [0, 0.1) is 23.7 Å². The minimum atomic E-state index is -0.119. The van der Waals surface area contributed by atoms with E-state index in [1.165, 1.54) is 9.78 Å². The first kappa shape index (κ1) is 22.3. The zero-order valence-electron chi connectivity index (χ0n) is 17.1. The largest absolute Gasteiger partial charge is 0.356 e. The van der Waals surface area contributed by atoms with Crippen molar-refractivity contribution in [3.8, 4) is 0 Å². The number of halogens is 1. The molecule has 2 aliphatic carbocycles. The number of carbonyl (C=O) groups excluding carboxylic acids is 2. The Hall–Kier alpha value is -1.42. The number of imide groups is 1. The number of hydrogen-bond acceptors (Lipinski definition) is 4. The smallest absolute Gasteiger partial charge is 0.233 e. The minimum Gasteiger partial charge on any atom is -0.356 e. The van der Waals surface area contributed by atoms with Gasteiger partial charge in [0, 0.05) is 37.0 Å². The highest BCUT2D eigenvalue weighted by Gasteiger charge is 2.58. The Morgan fingerprint density at radius 2 is 1.86 bits per heavy atom. The van der Waals surface area contributed by atoms with Crippen LogP contribution < -0.4 is 10.6 Å². The quantitative estimate of drug-likeness (QED) is 0.196. The van der Waals surface area contributed by atoms with Crippen LogP contribution in [0.15, 0.2) is 34.7 Å². The number of hydrogen-bond donors (Lipinski definition) is 2. The molecule has 1 aliphatic heterocycles. The third kappa shape index (κ3) is 4.10. The first-order chi connectivity index (χ1) is 13.4. The molecule has 4 rings (SSSR count). The first-order valence-corrected chi connectivity index (χ1v) is 10.8. The number of nitrogens with zero attached hydrogens (tertiary/aromatic N) is 2. The molecule has 0 aromatic carbocycles. The second kappa shape index (κ2) is 8.75. The topological polar surface area (TPSA) is 73.8 Å². The number of amides is 2. The summed E-state index contributed by atoms with van der Waals surface area (Å²) in [7, 11) is 1.73. The molecular formula is C21H29IN4O2S. The van der Waals surface area contributed by atoms with E-state index in [2.05, 4.69) is 59.1 Å². The molecule has 0 spiro atoms. The Morgan fingerprint density at radius 1 is 1.21 bits per heavy atom. The fourth-order valence-electron chi connectivity index (χ4n) is 4.75. The molecule has 6 nitrogen and oxygen atoms in total. The zero-order chi connectivity index (χ0) is 19.9. The minimum absolute atomic E-state index is 0. The molecule has 1 aromatic heterocycles. The molecule has 8 heteroatoms. The van der Waals surface area contributed by atoms with Crippen LogP contribution >= 0.6 is 35.3 Å². The van der Waals surface area contributed by atoms with Crippen molar-refractivity contribution in [1.82, 2.24) is 15.5 Å². The van der Waals surface area contributed by atoms with E-state index >= 15 is 0 Å². The highest BCUT2D eigenvalue weighted by Crippen LogP contribution is 2.52. The second-order valence-corrected chi connectivity index (χ2v) is 9.49. The molecule has 2 heterocycles. The third-order valence-electron chi connectivity index (χ3n) is 6.30. The van der Waals surface area contributed by atoms with Crippen LogP contribution in [0.2, 0.25) is 0 Å². The van der Waals surface area contributed by atoms with E-state index in [1.54, 1.807) is 18.4 Å². The van der Waals surface area contributed by atoms with E-state index in [9.17, 15) is 9.59 Å². The van der Waals surface area contributed by atoms with Gasteiger partial charge in [0.15, 0.2) is 5.96 Å². The number of aliphatic imine (C=N–C) groups is 1. The number of nitrogens with one attached hydrogen (secondary N) is 2. The number of thiophene rings is 1. The van der Waals surface area contributed by atoms with E-state index in [0.717, 1.165) is 13.0 Å². The summed E-state index contributed by atoms with van der Waals surface area (Å²) in [5.41, 5.74) is -0.00358. The molecule has 1 saturated heterocycles. The highest BCUT2D eigenvalue weighted by molar-refractivity contribution is 14.0. The van der Waals surface area contributed by atoms with Crippen molar-refractivity contribution < 1.29 is 9.59 Å². The molecule has 2 amide bonds. The summed E-state index contributed by atoms with van der Waals surface area (Å²) in [6.07, 6.45) is 5.22. The predicted molar refractivity (Wildman–Crippen MR) is 127 cm³/mol. The molecule has 1 aromatic rings. The zero-order valence-corrected chi connectivity index (χ0v) is 20.2. The van der Waals surface area contributed by atoms with Crippen molar-refractivity contribution in [3.63, 3.8) is 0 Å². The van der Waals surface area contributed by atoms with Crippen molar-refractivity contribution in [2.24, 2.45) is 28.7 Å². The molecule has 29 heavy (non-hydrogen) atoms. The highest BCUT2D eigenvalue weighted by atomic mass is 127. The Kier molecular flexibility index (Phi) is 6.72. The summed E-state index contributed by atoms with van der Waals surface area (Å²) >= 11 is 1.75. The fraction of sp³-hybridized carbons (Fsp3) is 0.571. The molecular weight excluding hydrogens is 499 g/mol. The standard InChI is InChI=1S/C21H28N4O2S.HI/c1-21(2,15-5-4-10-28-15)12-24-20(22-3)23-8-9-25-18(26)16-13-6-7-14(11-13)17(16)19(25)27;/h4-7,10,13-14,16-17H,8-9,11-12H2,1-3H3,(H2,22,23,24);1H. The van der Waals surface area contributed by atoms with E-state index in [1.807, 2.05) is 0 Å². The normalized spacial score (nSPS) is 28.0. The maximum Gasteiger partial charge on any atom is 0.233 e. The van der Waals surface area contributed by atoms with Gasteiger partial charge in [-0.05, 0) is 29.7 Å². The Labute approximate surface area is 193 Å². The van der Waals surface area contributed by atoms with Crippen LogP contribution in [0.4, 0.5) is 0 Å². The number of allylic oxidation sites excluding steroid dienone is 2. The van der Waals surface area contributed by atoms with Gasteiger partial charge in [0.25, 0.3) is 0 Å². The summed E-state index contributed by atoms with van der Waals surface area (Å²) in [4.78, 5) is 32.5. The fourth-order valence-corrected chi connectivity index (χ4v) is 5.60. The van der Waals surface area contributed by atoms with Gasteiger partial charge in [0.05, 0.1) is 11.8 Å². The van der Waals surface area contributed by atoms with E-state index < -0.39 is 0 Å². The maximum absolute atomic E-state index is 12.7. The summed E-state index contributed by atoms with van der Waals surface area (Å²) in [5.74, 6) is 0.992. The van der Waals surface area contributed by atoms with Crippen molar-refractivity contribution in [2.45, 2.75) is 25.7 Å². The summed E-state index contributed by atoms with van der Waals surface area (Å²) in [5, 5.41) is 8.69. The van der Waals surface area contributed by atoms with Gasteiger partial charge < -0.3 is 10.6 Å². The second-order valence-electron chi connectivity index (χ2n) is 8.54. The van der Waals surface area contributed by atoms with Gasteiger partial charge in [-0.1, -0.05) is 32.1 Å². The Bertz CT molecular complexity index is 791. The maximum atomic E-state index is 12.7. The van der Waals surface area contributed by atoms with Crippen molar-refractivity contribution in [3.05, 3.63) is 34.5 Å². The number of likely N-dealkylation sites (tertiary alicyclic amines) is 1. The first-order valence-electron chi connectivity index (χ1n) is 9.94. The van der Waals surface area contributed by atoms with Crippen LogP contribution in [-0.4, -0.2) is 49.4 Å². The number of rotatable bonds is 6. The molecule has 4 unspecified atom stereocenters. The summed E-state index contributed by atoms with van der Waals surface area (Å²) < 4.78 is 0. The molecule has 2 N–H and O–H groups in total. The average molecular weight is 528 g/mol. The van der Waals surface area contributed by atoms with Crippen molar-refractivity contribution in [2.75, 3.05) is 26.7 Å². The lowest BCUT2D eigenvalue weighted by Crippen LogP contribution is -2.46. The third-order valence-corrected chi connectivity index (χ3v) is 7.53. The number of fused-ring (bicyclic) bond motifs is 5. The molecule has 2 fully saturated rings. The molecule has 158 valence electrons. The van der Waals surface area contributed by atoms with Crippen LogP contribution in [0.5, 0.6) is 0 Å². The SMILES string of the molecule is CN=C(NCCN1C(=O)C2C3C=CC(C3)C2C1=O)NCC(C)(C)c1cccs1.I. The van der Waals surface area contributed by atoms with Crippen molar-refractivity contribution in [1.29, 1.82) is 0 Å². The molecule has 4 atom stereocenters. The Morgan fingerprint density at radius 3 is 2.41 bits per heavy atom. The van der Waals surface area contributed by atoms with Crippen LogP contribution in [0.1, 0.15) is 25.1 Å². The number of carbonyl (C=O) groups is 2. The lowest BCUT2D eigenvalue weighted by Gasteiger charge is -2.25. The summed E-state index contributed by atoms with van der Waals surface area (Å²) in [6, 6.07) is 4.21. The van der Waals surface area contributed by atoms with E-state index in [4.69, 9.17) is 0 Å². The van der Waals surface area contributed by atoms with Crippen LogP contribution in [-0.2, 0) is 15.0 Å². The van der Waals surface area contributed by atoms with Gasteiger partial charge in [-0.2, -0.15) is 0 Å². The molecule has 1 saturated carbocycles. The van der Waals surface area contributed by atoms with Gasteiger partial charge in [0.2, 0.25) is 11.8 Å².